The first-order valence-electron chi connectivity index (χ1n) is 6.31. The molecule has 0 aromatic heterocycles. The Morgan fingerprint density at radius 2 is 2.11 bits per heavy atom. The lowest BCUT2D eigenvalue weighted by Gasteiger charge is -2.18. The maximum Gasteiger partial charge on any atom is 0.247 e. The summed E-state index contributed by atoms with van der Waals surface area (Å²) >= 11 is 1.47. The van der Waals surface area contributed by atoms with Crippen molar-refractivity contribution in [2.45, 2.75) is 25.5 Å². The fraction of sp³-hybridized carbons (Fsp3) is 0.429. The van der Waals surface area contributed by atoms with Crippen LogP contribution in [-0.2, 0) is 9.59 Å². The molecule has 102 valence electrons. The van der Waals surface area contributed by atoms with Crippen LogP contribution in [0.15, 0.2) is 18.2 Å². The van der Waals surface area contributed by atoms with Crippen molar-refractivity contribution in [2.24, 2.45) is 5.73 Å². The van der Waals surface area contributed by atoms with E-state index in [-0.39, 0.29) is 23.5 Å². The molecule has 1 aliphatic rings. The van der Waals surface area contributed by atoms with E-state index in [0.29, 0.717) is 18.0 Å². The molecule has 0 saturated carbocycles. The second-order valence-corrected chi connectivity index (χ2v) is 5.95. The van der Waals surface area contributed by atoms with Crippen molar-refractivity contribution in [1.29, 1.82) is 0 Å². The molecule has 1 unspecified atom stereocenters. The van der Waals surface area contributed by atoms with E-state index in [1.807, 2.05) is 32.0 Å². The first-order valence-corrected chi connectivity index (χ1v) is 7.35. The van der Waals surface area contributed by atoms with Gasteiger partial charge in [0.1, 0.15) is 0 Å². The number of hydrogen-bond donors (Lipinski definition) is 1. The molecule has 4 nitrogen and oxygen atoms in total. The summed E-state index contributed by atoms with van der Waals surface area (Å²) in [6.07, 6.45) is 0.275. The Balaban J connectivity index is 2.27. The van der Waals surface area contributed by atoms with Crippen molar-refractivity contribution < 1.29 is 9.59 Å². The minimum atomic E-state index is -0.282. The fourth-order valence-corrected chi connectivity index (χ4v) is 3.10. The van der Waals surface area contributed by atoms with Gasteiger partial charge in [-0.2, -0.15) is 0 Å². The predicted octanol–water partition coefficient (Wildman–Crippen LogP) is 1.63. The summed E-state index contributed by atoms with van der Waals surface area (Å²) in [5, 5.41) is -0.282. The van der Waals surface area contributed by atoms with Crippen molar-refractivity contribution in [3.8, 4) is 0 Å². The standard InChI is InChI=1S/C14H18N2O2S/c1-9-4-3-5-11(10(9)2)16-13(17)8-12(14(16)18)19-7-6-15/h3-5,12H,6-8,15H2,1-2H3. The Bertz CT molecular complexity index is 516. The third-order valence-corrected chi connectivity index (χ3v) is 4.60. The Kier molecular flexibility index (Phi) is 4.27. The molecule has 0 radical (unpaired) electrons. The quantitative estimate of drug-likeness (QED) is 0.850. The molecule has 1 saturated heterocycles. The number of nitrogens with zero attached hydrogens (tertiary/aromatic N) is 1. The van der Waals surface area contributed by atoms with Gasteiger partial charge in [-0.15, -0.1) is 11.8 Å². The SMILES string of the molecule is Cc1cccc(N2C(=O)CC(SCCN)C2=O)c1C. The number of hydrogen-bond acceptors (Lipinski definition) is 4. The number of rotatable bonds is 4. The summed E-state index contributed by atoms with van der Waals surface area (Å²) in [6.45, 7) is 4.43. The van der Waals surface area contributed by atoms with Crippen LogP contribution in [0.1, 0.15) is 17.5 Å². The topological polar surface area (TPSA) is 63.4 Å². The zero-order valence-corrected chi connectivity index (χ0v) is 12.0. The van der Waals surface area contributed by atoms with Crippen molar-refractivity contribution in [3.05, 3.63) is 29.3 Å². The van der Waals surface area contributed by atoms with Gasteiger partial charge < -0.3 is 5.73 Å². The van der Waals surface area contributed by atoms with E-state index < -0.39 is 0 Å². The molecule has 19 heavy (non-hydrogen) atoms. The van der Waals surface area contributed by atoms with Gasteiger partial charge in [-0.1, -0.05) is 12.1 Å². The molecular weight excluding hydrogens is 260 g/mol. The number of carbonyl (C=O) groups is 2. The highest BCUT2D eigenvalue weighted by atomic mass is 32.2. The number of carbonyl (C=O) groups excluding carboxylic acids is 2. The normalized spacial score (nSPS) is 19.3. The Morgan fingerprint density at radius 3 is 2.79 bits per heavy atom. The van der Waals surface area contributed by atoms with Crippen LogP contribution in [0.25, 0.3) is 0 Å². The molecular formula is C14H18N2O2S. The molecule has 1 aromatic carbocycles. The molecule has 2 rings (SSSR count). The smallest absolute Gasteiger partial charge is 0.247 e. The predicted molar refractivity (Wildman–Crippen MR) is 78.3 cm³/mol. The van der Waals surface area contributed by atoms with Crippen LogP contribution < -0.4 is 10.6 Å². The molecule has 1 fully saturated rings. The first-order chi connectivity index (χ1) is 9.06. The van der Waals surface area contributed by atoms with E-state index in [0.717, 1.165) is 11.1 Å². The average molecular weight is 278 g/mol. The largest absolute Gasteiger partial charge is 0.330 e. The summed E-state index contributed by atoms with van der Waals surface area (Å²) in [4.78, 5) is 25.7. The van der Waals surface area contributed by atoms with E-state index in [1.54, 1.807) is 0 Å². The van der Waals surface area contributed by atoms with Crippen LogP contribution in [-0.4, -0.2) is 29.4 Å². The van der Waals surface area contributed by atoms with E-state index in [2.05, 4.69) is 0 Å². The monoisotopic (exact) mass is 278 g/mol. The summed E-state index contributed by atoms with van der Waals surface area (Å²) in [5.74, 6) is 0.468. The summed E-state index contributed by atoms with van der Waals surface area (Å²) < 4.78 is 0. The molecule has 1 aromatic rings. The minimum Gasteiger partial charge on any atom is -0.330 e. The average Bonchev–Trinajstić information content (AvgIpc) is 2.66. The van der Waals surface area contributed by atoms with Crippen LogP contribution in [0.2, 0.25) is 0 Å². The number of amides is 2. The third-order valence-electron chi connectivity index (χ3n) is 3.36. The molecule has 2 N–H and O–H groups in total. The Hall–Kier alpha value is -1.33. The highest BCUT2D eigenvalue weighted by Crippen LogP contribution is 2.32. The van der Waals surface area contributed by atoms with E-state index in [1.165, 1.54) is 16.7 Å². The maximum absolute atomic E-state index is 12.3. The molecule has 0 aliphatic carbocycles. The lowest BCUT2D eigenvalue weighted by atomic mass is 10.1. The Morgan fingerprint density at radius 1 is 1.37 bits per heavy atom. The summed E-state index contributed by atoms with van der Waals surface area (Å²) in [6, 6.07) is 5.68. The van der Waals surface area contributed by atoms with Crippen molar-refractivity contribution >= 4 is 29.3 Å². The van der Waals surface area contributed by atoms with E-state index >= 15 is 0 Å². The van der Waals surface area contributed by atoms with Gasteiger partial charge in [0.25, 0.3) is 0 Å². The maximum atomic E-state index is 12.3. The lowest BCUT2D eigenvalue weighted by Crippen LogP contribution is -2.32. The van der Waals surface area contributed by atoms with Gasteiger partial charge in [-0.3, -0.25) is 9.59 Å². The highest BCUT2D eigenvalue weighted by molar-refractivity contribution is 8.00. The third kappa shape index (κ3) is 2.67. The Labute approximate surface area is 117 Å². The van der Waals surface area contributed by atoms with Gasteiger partial charge >= 0.3 is 0 Å². The van der Waals surface area contributed by atoms with Gasteiger partial charge in [0, 0.05) is 18.7 Å². The van der Waals surface area contributed by atoms with Crippen molar-refractivity contribution in [2.75, 3.05) is 17.2 Å². The van der Waals surface area contributed by atoms with Gasteiger partial charge in [-0.05, 0) is 31.0 Å². The van der Waals surface area contributed by atoms with Crippen molar-refractivity contribution in [1.82, 2.24) is 0 Å². The minimum absolute atomic E-state index is 0.114. The van der Waals surface area contributed by atoms with Gasteiger partial charge in [0.2, 0.25) is 11.8 Å². The number of thioether (sulfide) groups is 1. The molecule has 1 atom stereocenters. The molecule has 0 spiro atoms. The second-order valence-electron chi connectivity index (χ2n) is 4.64. The van der Waals surface area contributed by atoms with Crippen LogP contribution in [0.5, 0.6) is 0 Å². The molecule has 1 heterocycles. The number of nitrogens with two attached hydrogens (primary N) is 1. The van der Waals surface area contributed by atoms with E-state index in [4.69, 9.17) is 5.73 Å². The van der Waals surface area contributed by atoms with Crippen LogP contribution in [0.4, 0.5) is 5.69 Å². The van der Waals surface area contributed by atoms with Gasteiger partial charge in [-0.25, -0.2) is 4.90 Å². The molecule has 0 bridgehead atoms. The van der Waals surface area contributed by atoms with Crippen LogP contribution in [0.3, 0.4) is 0 Å². The zero-order chi connectivity index (χ0) is 14.0. The van der Waals surface area contributed by atoms with Crippen LogP contribution in [0, 0.1) is 13.8 Å². The van der Waals surface area contributed by atoms with Crippen LogP contribution >= 0.6 is 11.8 Å². The number of imide groups is 1. The highest BCUT2D eigenvalue weighted by Gasteiger charge is 2.40. The van der Waals surface area contributed by atoms with Gasteiger partial charge in [0.15, 0.2) is 0 Å². The van der Waals surface area contributed by atoms with E-state index in [9.17, 15) is 9.59 Å². The summed E-state index contributed by atoms with van der Waals surface area (Å²) in [7, 11) is 0. The summed E-state index contributed by atoms with van der Waals surface area (Å²) in [5.41, 5.74) is 8.22. The zero-order valence-electron chi connectivity index (χ0n) is 11.2. The first kappa shape index (κ1) is 14.1. The lowest BCUT2D eigenvalue weighted by molar-refractivity contribution is -0.121. The second kappa shape index (κ2) is 5.75. The fourth-order valence-electron chi connectivity index (χ4n) is 2.18. The van der Waals surface area contributed by atoms with Gasteiger partial charge in [0.05, 0.1) is 10.9 Å². The number of benzene rings is 1. The number of anilines is 1. The van der Waals surface area contributed by atoms with Crippen molar-refractivity contribution in [3.63, 3.8) is 0 Å². The molecule has 5 heteroatoms. The molecule has 2 amide bonds. The molecule has 1 aliphatic heterocycles. The number of aryl methyl sites for hydroxylation is 1.